The van der Waals surface area contributed by atoms with Gasteiger partial charge in [-0.3, -0.25) is 0 Å². The lowest BCUT2D eigenvalue weighted by molar-refractivity contribution is 0.425. The minimum atomic E-state index is 0.363. The number of aryl methyl sites for hydroxylation is 2. The number of nitrogens with zero attached hydrogens (tertiary/aromatic N) is 3. The van der Waals surface area contributed by atoms with Gasteiger partial charge < -0.3 is 4.52 Å². The molecule has 1 aromatic carbocycles. The number of pyridine rings is 1. The van der Waals surface area contributed by atoms with Crippen LogP contribution in [0.4, 0.5) is 0 Å². The van der Waals surface area contributed by atoms with E-state index >= 15 is 0 Å². The summed E-state index contributed by atoms with van der Waals surface area (Å²) in [5.74, 6) is 0.950. The smallest absolute Gasteiger partial charge is 0.261 e. The molecule has 0 saturated carbocycles. The molecule has 0 unspecified atom stereocenters. The first-order valence-corrected chi connectivity index (χ1v) is 6.79. The zero-order chi connectivity index (χ0) is 13.6. The van der Waals surface area contributed by atoms with Gasteiger partial charge in [-0.1, -0.05) is 32.7 Å². The number of hydrogen-bond acceptors (Lipinski definition) is 4. The fraction of sp³-hybridized carbons (Fsp3) is 0.154. The van der Waals surface area contributed by atoms with Crippen molar-refractivity contribution in [3.8, 4) is 11.5 Å². The molecule has 96 valence electrons. The maximum atomic E-state index is 6.21. The van der Waals surface area contributed by atoms with E-state index in [0.29, 0.717) is 22.4 Å². The lowest BCUT2D eigenvalue weighted by Gasteiger charge is -2.05. The van der Waals surface area contributed by atoms with Crippen LogP contribution in [0.5, 0.6) is 0 Å². The van der Waals surface area contributed by atoms with E-state index in [0.717, 1.165) is 20.9 Å². The van der Waals surface area contributed by atoms with Crippen molar-refractivity contribution in [2.45, 2.75) is 13.8 Å². The van der Waals surface area contributed by atoms with E-state index in [1.165, 1.54) is 0 Å². The Kier molecular flexibility index (Phi) is 3.03. The summed E-state index contributed by atoms with van der Waals surface area (Å²) in [6.45, 7) is 3.75. The molecular formula is C13H9BrClN3O. The maximum absolute atomic E-state index is 6.21. The Hall–Kier alpha value is -1.46. The van der Waals surface area contributed by atoms with E-state index in [-0.39, 0.29) is 0 Å². The van der Waals surface area contributed by atoms with Gasteiger partial charge in [0, 0.05) is 9.86 Å². The highest BCUT2D eigenvalue weighted by Gasteiger charge is 2.14. The van der Waals surface area contributed by atoms with Crippen LogP contribution in [0.25, 0.3) is 22.4 Å². The van der Waals surface area contributed by atoms with Gasteiger partial charge in [0.25, 0.3) is 5.89 Å². The predicted octanol–water partition coefficient (Wildman–Crippen LogP) is 4.32. The Bertz CT molecular complexity index is 785. The molecule has 0 fully saturated rings. The van der Waals surface area contributed by atoms with E-state index in [9.17, 15) is 0 Å². The maximum Gasteiger partial charge on any atom is 0.261 e. The molecule has 0 aliphatic carbocycles. The van der Waals surface area contributed by atoms with Crippen LogP contribution in [-0.4, -0.2) is 15.1 Å². The van der Waals surface area contributed by atoms with Crippen molar-refractivity contribution in [3.63, 3.8) is 0 Å². The highest BCUT2D eigenvalue weighted by Crippen LogP contribution is 2.31. The Morgan fingerprint density at radius 1 is 1.16 bits per heavy atom. The molecule has 0 saturated heterocycles. The van der Waals surface area contributed by atoms with E-state index in [1.807, 2.05) is 25.1 Å². The van der Waals surface area contributed by atoms with Gasteiger partial charge in [-0.15, -0.1) is 0 Å². The number of halogens is 2. The Morgan fingerprint density at radius 2 is 1.95 bits per heavy atom. The monoisotopic (exact) mass is 337 g/mol. The van der Waals surface area contributed by atoms with Crippen LogP contribution in [0, 0.1) is 13.8 Å². The van der Waals surface area contributed by atoms with Crippen molar-refractivity contribution in [2.24, 2.45) is 0 Å². The van der Waals surface area contributed by atoms with E-state index < -0.39 is 0 Å². The van der Waals surface area contributed by atoms with Gasteiger partial charge in [0.1, 0.15) is 5.15 Å². The Labute approximate surface area is 122 Å². The van der Waals surface area contributed by atoms with Gasteiger partial charge >= 0.3 is 0 Å². The normalized spacial score (nSPS) is 11.2. The Balaban J connectivity index is 2.30. The SMILES string of the molecule is Cc1noc(-c2cc3cc(Br)cc(C)c3nc2Cl)n1. The summed E-state index contributed by atoms with van der Waals surface area (Å²) >= 11 is 9.68. The third kappa shape index (κ3) is 2.24. The largest absolute Gasteiger partial charge is 0.334 e. The molecule has 6 heteroatoms. The molecule has 3 aromatic rings. The molecule has 0 radical (unpaired) electrons. The summed E-state index contributed by atoms with van der Waals surface area (Å²) in [4.78, 5) is 8.60. The number of rotatable bonds is 1. The lowest BCUT2D eigenvalue weighted by atomic mass is 10.1. The second-order valence-corrected chi connectivity index (χ2v) is 5.54. The highest BCUT2D eigenvalue weighted by atomic mass is 79.9. The molecule has 0 bridgehead atoms. The summed E-state index contributed by atoms with van der Waals surface area (Å²) in [5, 5.41) is 5.10. The first kappa shape index (κ1) is 12.6. The van der Waals surface area contributed by atoms with Crippen LogP contribution in [0.3, 0.4) is 0 Å². The van der Waals surface area contributed by atoms with Gasteiger partial charge in [-0.25, -0.2) is 4.98 Å². The molecule has 0 atom stereocenters. The van der Waals surface area contributed by atoms with E-state index in [4.69, 9.17) is 16.1 Å². The summed E-state index contributed by atoms with van der Waals surface area (Å²) in [7, 11) is 0. The minimum Gasteiger partial charge on any atom is -0.334 e. The van der Waals surface area contributed by atoms with Crippen molar-refractivity contribution in [3.05, 3.63) is 39.2 Å². The van der Waals surface area contributed by atoms with Gasteiger partial charge in [0.05, 0.1) is 11.1 Å². The molecule has 19 heavy (non-hydrogen) atoms. The topological polar surface area (TPSA) is 51.8 Å². The fourth-order valence-corrected chi connectivity index (χ4v) is 2.76. The molecule has 0 aliphatic heterocycles. The summed E-state index contributed by atoms with van der Waals surface area (Å²) in [6.07, 6.45) is 0. The van der Waals surface area contributed by atoms with Crippen molar-refractivity contribution < 1.29 is 4.52 Å². The summed E-state index contributed by atoms with van der Waals surface area (Å²) < 4.78 is 6.14. The molecule has 0 N–H and O–H groups in total. The lowest BCUT2D eigenvalue weighted by Crippen LogP contribution is -1.89. The summed E-state index contributed by atoms with van der Waals surface area (Å²) in [5.41, 5.74) is 2.57. The van der Waals surface area contributed by atoms with E-state index in [1.54, 1.807) is 6.92 Å². The quantitative estimate of drug-likeness (QED) is 0.620. The fourth-order valence-electron chi connectivity index (χ4n) is 1.95. The zero-order valence-electron chi connectivity index (χ0n) is 10.2. The third-order valence-electron chi connectivity index (χ3n) is 2.78. The average Bonchev–Trinajstić information content (AvgIpc) is 2.76. The second kappa shape index (κ2) is 4.58. The number of fused-ring (bicyclic) bond motifs is 1. The number of hydrogen-bond donors (Lipinski definition) is 0. The molecule has 4 nitrogen and oxygen atoms in total. The third-order valence-corrected chi connectivity index (χ3v) is 3.53. The minimum absolute atomic E-state index is 0.363. The van der Waals surface area contributed by atoms with Gasteiger partial charge in [-0.05, 0) is 37.6 Å². The highest BCUT2D eigenvalue weighted by molar-refractivity contribution is 9.10. The van der Waals surface area contributed by atoms with Crippen molar-refractivity contribution in [1.82, 2.24) is 15.1 Å². The number of benzene rings is 1. The second-order valence-electron chi connectivity index (χ2n) is 4.27. The Morgan fingerprint density at radius 3 is 2.63 bits per heavy atom. The molecule has 2 heterocycles. The molecule has 2 aromatic heterocycles. The van der Waals surface area contributed by atoms with Crippen LogP contribution in [0.15, 0.2) is 27.2 Å². The van der Waals surface area contributed by atoms with Crippen molar-refractivity contribution in [2.75, 3.05) is 0 Å². The van der Waals surface area contributed by atoms with Crippen LogP contribution in [-0.2, 0) is 0 Å². The first-order valence-electron chi connectivity index (χ1n) is 5.61. The molecule has 0 spiro atoms. The molecule has 0 aliphatic rings. The summed E-state index contributed by atoms with van der Waals surface area (Å²) in [6, 6.07) is 5.90. The van der Waals surface area contributed by atoms with Crippen molar-refractivity contribution >= 4 is 38.4 Å². The average molecular weight is 339 g/mol. The van der Waals surface area contributed by atoms with Crippen LogP contribution in [0.2, 0.25) is 5.15 Å². The number of aromatic nitrogens is 3. The van der Waals surface area contributed by atoms with Gasteiger partial charge in [-0.2, -0.15) is 4.98 Å². The first-order chi connectivity index (χ1) is 9.04. The standard InChI is InChI=1S/C13H9BrClN3O/c1-6-3-9(14)4-8-5-10(12(15)17-11(6)8)13-16-7(2)18-19-13/h3-5H,1-2H3. The van der Waals surface area contributed by atoms with Gasteiger partial charge in [0.2, 0.25) is 0 Å². The van der Waals surface area contributed by atoms with Crippen LogP contribution in [0.1, 0.15) is 11.4 Å². The van der Waals surface area contributed by atoms with Crippen LogP contribution < -0.4 is 0 Å². The van der Waals surface area contributed by atoms with E-state index in [2.05, 4.69) is 31.1 Å². The molecule has 0 amide bonds. The van der Waals surface area contributed by atoms with Crippen LogP contribution >= 0.6 is 27.5 Å². The van der Waals surface area contributed by atoms with Crippen molar-refractivity contribution in [1.29, 1.82) is 0 Å². The zero-order valence-corrected chi connectivity index (χ0v) is 12.6. The molecular weight excluding hydrogens is 330 g/mol. The predicted molar refractivity (Wildman–Crippen MR) is 77.2 cm³/mol. The molecule has 3 rings (SSSR count). The van der Waals surface area contributed by atoms with Gasteiger partial charge in [0.15, 0.2) is 5.82 Å².